The third kappa shape index (κ3) is 7.79. The van der Waals surface area contributed by atoms with Crippen molar-refractivity contribution in [2.24, 2.45) is 11.3 Å². The van der Waals surface area contributed by atoms with Crippen LogP contribution in [0.3, 0.4) is 0 Å². The van der Waals surface area contributed by atoms with E-state index >= 15 is 0 Å². The average molecular weight is 602 g/mol. The minimum Gasteiger partial charge on any atom is -0.413 e. The molecule has 8 nitrogen and oxygen atoms in total. The lowest BCUT2D eigenvalue weighted by Gasteiger charge is -2.37. The zero-order valence-electron chi connectivity index (χ0n) is 25.2. The van der Waals surface area contributed by atoms with Crippen molar-refractivity contribution in [1.29, 1.82) is 5.26 Å². The quantitative estimate of drug-likeness (QED) is 0.319. The first-order valence-corrected chi connectivity index (χ1v) is 17.6. The fourth-order valence-electron chi connectivity index (χ4n) is 4.76. The Kier molecular flexibility index (Phi) is 9.71. The zero-order chi connectivity index (χ0) is 30.0. The highest BCUT2D eigenvalue weighted by Crippen LogP contribution is 2.37. The van der Waals surface area contributed by atoms with E-state index in [1.165, 1.54) is 0 Å². The van der Waals surface area contributed by atoms with Crippen LogP contribution in [0.25, 0.3) is 0 Å². The fourth-order valence-corrected chi connectivity index (χ4v) is 6.03. The molecule has 0 spiro atoms. The molecule has 0 radical (unpaired) electrons. The molecule has 41 heavy (non-hydrogen) atoms. The van der Waals surface area contributed by atoms with Crippen LogP contribution in [0.1, 0.15) is 65.9 Å². The van der Waals surface area contributed by atoms with Gasteiger partial charge >= 0.3 is 7.12 Å². The van der Waals surface area contributed by atoms with Crippen LogP contribution in [-0.2, 0) is 20.3 Å². The maximum atomic E-state index is 14.7. The summed E-state index contributed by atoms with van der Waals surface area (Å²) in [5.74, 6) is -0.459. The molecule has 1 aromatic heterocycles. The molecule has 2 fully saturated rings. The number of anilines is 3. The second kappa shape index (κ2) is 12.6. The van der Waals surface area contributed by atoms with Crippen molar-refractivity contribution < 1.29 is 18.1 Å². The molecule has 0 unspecified atom stereocenters. The van der Waals surface area contributed by atoms with Gasteiger partial charge in [-0.3, -0.25) is 0 Å². The number of halogens is 2. The van der Waals surface area contributed by atoms with E-state index in [1.807, 2.05) is 6.07 Å². The highest BCUT2D eigenvalue weighted by atomic mass is 35.5. The highest BCUT2D eigenvalue weighted by molar-refractivity contribution is 6.74. The maximum Gasteiger partial charge on any atom is 0.495 e. The lowest BCUT2D eigenvalue weighted by atomic mass is 9.73. The topological polar surface area (TPSA) is 101 Å². The highest BCUT2D eigenvalue weighted by Gasteiger charge is 2.39. The average Bonchev–Trinajstić information content (AvgIpc) is 2.89. The first-order valence-electron chi connectivity index (χ1n) is 14.3. The van der Waals surface area contributed by atoms with Gasteiger partial charge in [-0.15, -0.1) is 0 Å². The smallest absolute Gasteiger partial charge is 0.413 e. The molecule has 2 atom stereocenters. The largest absolute Gasteiger partial charge is 0.495 e. The van der Waals surface area contributed by atoms with Crippen LogP contribution in [0.4, 0.5) is 21.8 Å². The van der Waals surface area contributed by atoms with Crippen molar-refractivity contribution >= 4 is 50.0 Å². The third-order valence-corrected chi connectivity index (χ3v) is 13.1. The number of nitrogens with zero attached hydrogens (tertiary/aromatic N) is 3. The van der Waals surface area contributed by atoms with Crippen LogP contribution in [0, 0.1) is 28.5 Å². The first-order chi connectivity index (χ1) is 19.2. The second-order valence-electron chi connectivity index (χ2n) is 13.5. The Labute approximate surface area is 250 Å². The lowest BCUT2D eigenvalue weighted by Crippen LogP contribution is -2.49. The molecular weight excluding hydrogens is 560 g/mol. The number of hydrogen-bond acceptors (Lipinski definition) is 8. The van der Waals surface area contributed by atoms with Gasteiger partial charge in [-0.1, -0.05) is 59.1 Å². The minimum absolute atomic E-state index is 0.0307. The summed E-state index contributed by atoms with van der Waals surface area (Å²) in [6.07, 6.45) is 4.71. The summed E-state index contributed by atoms with van der Waals surface area (Å²) in [5.41, 5.74) is 2.13. The minimum atomic E-state index is -2.08. The van der Waals surface area contributed by atoms with Gasteiger partial charge in [-0.05, 0) is 48.7 Å². The van der Waals surface area contributed by atoms with Gasteiger partial charge in [0.15, 0.2) is 20.0 Å². The van der Waals surface area contributed by atoms with E-state index < -0.39 is 21.3 Å². The van der Waals surface area contributed by atoms with Crippen LogP contribution in [0.15, 0.2) is 18.3 Å². The standard InChI is InChI=1S/C29H42BClFN5O3Si/c1-28(2,3)41(6,7)40-16-20-12-21(13-22(31)25(20)30-38-17-29(4,5)18-39-30)35-27-34-15-23(32)26(37-27)36-24-11-9-8-10-19(24)14-33/h12-13,15,19,24H,8-11,16-18H2,1-7H3,(H2,34,35,36,37)/t19-,24+/m0/s1. The van der Waals surface area contributed by atoms with E-state index in [-0.39, 0.29) is 34.2 Å². The monoisotopic (exact) mass is 601 g/mol. The van der Waals surface area contributed by atoms with Gasteiger partial charge in [0.2, 0.25) is 5.95 Å². The summed E-state index contributed by atoms with van der Waals surface area (Å²) in [6, 6.07) is 5.90. The number of rotatable bonds is 8. The molecule has 1 aromatic carbocycles. The van der Waals surface area contributed by atoms with E-state index in [0.29, 0.717) is 30.5 Å². The normalized spacial score (nSPS) is 21.3. The van der Waals surface area contributed by atoms with Gasteiger partial charge in [0.25, 0.3) is 0 Å². The Morgan fingerprint density at radius 2 is 1.90 bits per heavy atom. The van der Waals surface area contributed by atoms with Gasteiger partial charge in [-0.2, -0.15) is 10.2 Å². The molecule has 12 heteroatoms. The number of aromatic nitrogens is 2. The molecule has 1 saturated heterocycles. The van der Waals surface area contributed by atoms with E-state index in [4.69, 9.17) is 25.3 Å². The zero-order valence-corrected chi connectivity index (χ0v) is 27.0. The number of hydrogen-bond donors (Lipinski definition) is 2. The van der Waals surface area contributed by atoms with Gasteiger partial charge in [0.05, 0.1) is 24.8 Å². The van der Waals surface area contributed by atoms with Crippen molar-refractivity contribution in [3.8, 4) is 6.07 Å². The Balaban J connectivity index is 1.61. The molecule has 2 N–H and O–H groups in total. The number of nitriles is 1. The summed E-state index contributed by atoms with van der Waals surface area (Å²) < 4.78 is 33.5. The van der Waals surface area contributed by atoms with Crippen molar-refractivity contribution in [1.82, 2.24) is 9.97 Å². The number of nitrogens with one attached hydrogen (secondary N) is 2. The van der Waals surface area contributed by atoms with Crippen molar-refractivity contribution in [3.63, 3.8) is 0 Å². The molecule has 222 valence electrons. The summed E-state index contributed by atoms with van der Waals surface area (Å²) in [4.78, 5) is 8.55. The number of benzene rings is 1. The predicted octanol–water partition coefficient (Wildman–Crippen LogP) is 6.80. The van der Waals surface area contributed by atoms with Crippen LogP contribution in [0.5, 0.6) is 0 Å². The second-order valence-corrected chi connectivity index (χ2v) is 18.7. The summed E-state index contributed by atoms with van der Waals surface area (Å²) in [5, 5.41) is 16.3. The molecule has 1 aliphatic heterocycles. The van der Waals surface area contributed by atoms with Gasteiger partial charge < -0.3 is 24.4 Å². The van der Waals surface area contributed by atoms with E-state index in [1.54, 1.807) is 6.07 Å². The molecule has 0 amide bonds. The predicted molar refractivity (Wildman–Crippen MR) is 165 cm³/mol. The molecule has 2 heterocycles. The molecule has 1 saturated carbocycles. The molecule has 2 aliphatic rings. The summed E-state index contributed by atoms with van der Waals surface area (Å²) in [6.45, 7) is 16.6. The SMILES string of the molecule is CC1(C)COB(c2c(Cl)cc(Nc3ncc(F)c(N[C@@H]4CCCC[C@H]4C#N)n3)cc2CO[Si](C)(C)C(C)(C)C)OC1. The summed E-state index contributed by atoms with van der Waals surface area (Å²) >= 11 is 6.87. The Bertz CT molecular complexity index is 1280. The van der Waals surface area contributed by atoms with Crippen molar-refractivity contribution in [2.45, 2.75) is 91.1 Å². The molecule has 4 rings (SSSR count). The molecule has 0 bridgehead atoms. The van der Waals surface area contributed by atoms with Gasteiger partial charge in [0, 0.05) is 40.8 Å². The third-order valence-electron chi connectivity index (χ3n) is 8.35. The van der Waals surface area contributed by atoms with Crippen molar-refractivity contribution in [2.75, 3.05) is 23.8 Å². The van der Waals surface area contributed by atoms with Crippen LogP contribution in [-0.4, -0.2) is 44.7 Å². The Morgan fingerprint density at radius 3 is 2.56 bits per heavy atom. The summed E-state index contributed by atoms with van der Waals surface area (Å²) in [7, 11) is -2.69. The fraction of sp³-hybridized carbons (Fsp3) is 0.621. The lowest BCUT2D eigenvalue weighted by molar-refractivity contribution is 0.0342. The Hall–Kier alpha value is -2.23. The molecule has 2 aromatic rings. The first kappa shape index (κ1) is 31.7. The van der Waals surface area contributed by atoms with E-state index in [9.17, 15) is 9.65 Å². The molecule has 1 aliphatic carbocycles. The molecular formula is C29H42BClFN5O3Si. The van der Waals surface area contributed by atoms with Crippen LogP contribution < -0.4 is 16.1 Å². The van der Waals surface area contributed by atoms with Crippen molar-refractivity contribution in [3.05, 3.63) is 34.7 Å². The Morgan fingerprint density at radius 1 is 1.22 bits per heavy atom. The maximum absolute atomic E-state index is 14.7. The van der Waals surface area contributed by atoms with Gasteiger partial charge in [0.1, 0.15) is 0 Å². The van der Waals surface area contributed by atoms with Crippen LogP contribution in [0.2, 0.25) is 23.2 Å². The van der Waals surface area contributed by atoms with E-state index in [2.05, 4.69) is 74.4 Å². The van der Waals surface area contributed by atoms with Gasteiger partial charge in [-0.25, -0.2) is 9.37 Å². The van der Waals surface area contributed by atoms with E-state index in [0.717, 1.165) is 42.9 Å². The van der Waals surface area contributed by atoms with Crippen LogP contribution >= 0.6 is 11.6 Å².